The molecule has 2 aliphatic rings. The van der Waals surface area contributed by atoms with Crippen molar-refractivity contribution in [2.75, 3.05) is 11.9 Å². The lowest BCUT2D eigenvalue weighted by molar-refractivity contribution is -0.120. The molecule has 1 spiro atoms. The number of aromatic nitrogens is 1. The number of rotatable bonds is 0. The molecular weight excluding hydrogens is 293 g/mol. The summed E-state index contributed by atoms with van der Waals surface area (Å²) >= 11 is 0. The molecule has 1 amide bonds. The van der Waals surface area contributed by atoms with E-state index in [4.69, 9.17) is 0 Å². The molecule has 3 N–H and O–H groups in total. The third-order valence-electron chi connectivity index (χ3n) is 4.93. The van der Waals surface area contributed by atoms with Crippen LogP contribution in [0, 0.1) is 5.82 Å². The van der Waals surface area contributed by atoms with Crippen molar-refractivity contribution in [2.45, 2.75) is 12.0 Å². The molecule has 3 heterocycles. The van der Waals surface area contributed by atoms with Crippen LogP contribution >= 0.6 is 0 Å². The van der Waals surface area contributed by atoms with E-state index in [0.717, 1.165) is 39.8 Å². The lowest BCUT2D eigenvalue weighted by Crippen LogP contribution is -2.53. The van der Waals surface area contributed by atoms with Crippen molar-refractivity contribution in [3.8, 4) is 0 Å². The molecule has 5 rings (SSSR count). The zero-order valence-corrected chi connectivity index (χ0v) is 12.2. The van der Waals surface area contributed by atoms with Gasteiger partial charge >= 0.3 is 0 Å². The van der Waals surface area contributed by atoms with Crippen molar-refractivity contribution in [3.63, 3.8) is 0 Å². The van der Waals surface area contributed by atoms with Crippen LogP contribution in [-0.2, 0) is 16.8 Å². The first-order valence-electron chi connectivity index (χ1n) is 7.67. The lowest BCUT2D eigenvalue weighted by atomic mass is 9.82. The average Bonchev–Trinajstić information content (AvgIpc) is 3.06. The highest BCUT2D eigenvalue weighted by Crippen LogP contribution is 2.45. The van der Waals surface area contributed by atoms with Crippen LogP contribution in [0.3, 0.4) is 0 Å². The van der Waals surface area contributed by atoms with Gasteiger partial charge < -0.3 is 10.3 Å². The van der Waals surface area contributed by atoms with Gasteiger partial charge in [0.25, 0.3) is 5.91 Å². The van der Waals surface area contributed by atoms with E-state index in [1.165, 1.54) is 6.07 Å². The van der Waals surface area contributed by atoms with Crippen molar-refractivity contribution >= 4 is 22.5 Å². The zero-order chi connectivity index (χ0) is 15.6. The fraction of sp³-hybridized carbons (Fsp3) is 0.167. The Labute approximate surface area is 131 Å². The highest BCUT2D eigenvalue weighted by atomic mass is 19.1. The van der Waals surface area contributed by atoms with E-state index in [1.54, 1.807) is 12.1 Å². The minimum absolute atomic E-state index is 0.0910. The second kappa shape index (κ2) is 4.20. The Morgan fingerprint density at radius 2 is 2.00 bits per heavy atom. The number of benzene rings is 2. The van der Waals surface area contributed by atoms with E-state index in [1.807, 2.05) is 24.3 Å². The van der Waals surface area contributed by atoms with Gasteiger partial charge in [-0.15, -0.1) is 0 Å². The predicted octanol–water partition coefficient (Wildman–Crippen LogP) is 2.65. The van der Waals surface area contributed by atoms with Crippen molar-refractivity contribution in [2.24, 2.45) is 0 Å². The van der Waals surface area contributed by atoms with Gasteiger partial charge in [0, 0.05) is 28.7 Å². The molecule has 1 atom stereocenters. The van der Waals surface area contributed by atoms with Crippen LogP contribution in [0.2, 0.25) is 0 Å². The maximum absolute atomic E-state index is 13.7. The summed E-state index contributed by atoms with van der Waals surface area (Å²) in [7, 11) is 0. The summed E-state index contributed by atoms with van der Waals surface area (Å²) in [6.45, 7) is 0.665. The van der Waals surface area contributed by atoms with Crippen LogP contribution < -0.4 is 10.6 Å². The highest BCUT2D eigenvalue weighted by molar-refractivity contribution is 6.09. The number of halogens is 1. The van der Waals surface area contributed by atoms with E-state index < -0.39 is 5.54 Å². The van der Waals surface area contributed by atoms with E-state index >= 15 is 0 Å². The fourth-order valence-corrected chi connectivity index (χ4v) is 3.94. The normalized spacial score (nSPS) is 22.2. The SMILES string of the molecule is O=C1Nc2ccccc2[C@]12NCCc1c2[nH]c2ccc(F)cc12. The number of nitrogens with one attached hydrogen (secondary N) is 3. The largest absolute Gasteiger partial charge is 0.356 e. The molecule has 1 aromatic heterocycles. The maximum Gasteiger partial charge on any atom is 0.255 e. The fourth-order valence-electron chi connectivity index (χ4n) is 3.94. The van der Waals surface area contributed by atoms with Gasteiger partial charge in [-0.05, 0) is 36.2 Å². The Balaban J connectivity index is 1.86. The third kappa shape index (κ3) is 1.50. The molecular formula is C18H14FN3O. The molecule has 4 nitrogen and oxygen atoms in total. The van der Waals surface area contributed by atoms with Crippen molar-refractivity contribution in [1.82, 2.24) is 10.3 Å². The van der Waals surface area contributed by atoms with E-state index in [-0.39, 0.29) is 11.7 Å². The molecule has 114 valence electrons. The Morgan fingerprint density at radius 1 is 1.13 bits per heavy atom. The van der Waals surface area contributed by atoms with Gasteiger partial charge in [0.1, 0.15) is 5.82 Å². The number of aromatic amines is 1. The number of carbonyl (C=O) groups excluding carboxylic acids is 1. The number of fused-ring (bicyclic) bond motifs is 6. The van der Waals surface area contributed by atoms with Crippen molar-refractivity contribution in [3.05, 3.63) is 65.1 Å². The third-order valence-corrected chi connectivity index (χ3v) is 4.93. The average molecular weight is 307 g/mol. The molecule has 3 aromatic rings. The minimum atomic E-state index is -0.917. The van der Waals surface area contributed by atoms with Gasteiger partial charge in [0.2, 0.25) is 0 Å². The van der Waals surface area contributed by atoms with E-state index in [0.29, 0.717) is 6.54 Å². The van der Waals surface area contributed by atoms with Crippen LogP contribution in [0.5, 0.6) is 0 Å². The topological polar surface area (TPSA) is 56.9 Å². The number of hydrogen-bond donors (Lipinski definition) is 3. The Morgan fingerprint density at radius 3 is 2.91 bits per heavy atom. The smallest absolute Gasteiger partial charge is 0.255 e. The highest BCUT2D eigenvalue weighted by Gasteiger charge is 2.51. The van der Waals surface area contributed by atoms with Gasteiger partial charge in [0.15, 0.2) is 5.54 Å². The van der Waals surface area contributed by atoms with Gasteiger partial charge in [-0.3, -0.25) is 10.1 Å². The van der Waals surface area contributed by atoms with Crippen LogP contribution in [0.1, 0.15) is 16.8 Å². The predicted molar refractivity (Wildman–Crippen MR) is 85.8 cm³/mol. The summed E-state index contributed by atoms with van der Waals surface area (Å²) in [5, 5.41) is 7.21. The molecule has 0 bridgehead atoms. The molecule has 2 aromatic carbocycles. The van der Waals surface area contributed by atoms with Crippen LogP contribution in [-0.4, -0.2) is 17.4 Å². The van der Waals surface area contributed by atoms with Crippen LogP contribution in [0.25, 0.3) is 10.9 Å². The second-order valence-electron chi connectivity index (χ2n) is 6.09. The maximum atomic E-state index is 13.7. The molecule has 2 aliphatic heterocycles. The number of para-hydroxylation sites is 1. The first kappa shape index (κ1) is 12.8. The molecule has 0 aliphatic carbocycles. The molecule has 0 saturated heterocycles. The second-order valence-corrected chi connectivity index (χ2v) is 6.09. The summed E-state index contributed by atoms with van der Waals surface area (Å²) < 4.78 is 13.7. The first-order chi connectivity index (χ1) is 11.2. The van der Waals surface area contributed by atoms with Crippen molar-refractivity contribution < 1.29 is 9.18 Å². The van der Waals surface area contributed by atoms with Crippen LogP contribution in [0.4, 0.5) is 10.1 Å². The molecule has 5 heteroatoms. The van der Waals surface area contributed by atoms with Crippen LogP contribution in [0.15, 0.2) is 42.5 Å². The summed E-state index contributed by atoms with van der Waals surface area (Å²) in [6.07, 6.45) is 0.760. The van der Waals surface area contributed by atoms with Gasteiger partial charge in [-0.1, -0.05) is 18.2 Å². The molecule has 0 saturated carbocycles. The van der Waals surface area contributed by atoms with Crippen molar-refractivity contribution in [1.29, 1.82) is 0 Å². The Kier molecular flexibility index (Phi) is 2.35. The molecule has 23 heavy (non-hydrogen) atoms. The van der Waals surface area contributed by atoms with Gasteiger partial charge in [-0.25, -0.2) is 4.39 Å². The summed E-state index contributed by atoms with van der Waals surface area (Å²) in [5.41, 5.74) is 3.52. The number of H-pyrrole nitrogens is 1. The lowest BCUT2D eigenvalue weighted by Gasteiger charge is -2.33. The minimum Gasteiger partial charge on any atom is -0.356 e. The van der Waals surface area contributed by atoms with Gasteiger partial charge in [-0.2, -0.15) is 0 Å². The summed E-state index contributed by atoms with van der Waals surface area (Å²) in [4.78, 5) is 16.2. The number of amides is 1. The molecule has 0 fully saturated rings. The van der Waals surface area contributed by atoms with E-state index in [2.05, 4.69) is 15.6 Å². The zero-order valence-electron chi connectivity index (χ0n) is 12.2. The molecule has 0 unspecified atom stereocenters. The Hall–Kier alpha value is -2.66. The Bertz CT molecular complexity index is 978. The monoisotopic (exact) mass is 307 g/mol. The number of carbonyl (C=O) groups is 1. The number of anilines is 1. The summed E-state index contributed by atoms with van der Waals surface area (Å²) in [6, 6.07) is 12.4. The standard InChI is InChI=1S/C18H14FN3O/c19-10-5-6-14-12(9-10)11-7-8-20-18(16(11)21-14)13-3-1-2-4-15(13)22-17(18)23/h1-6,9,20-21H,7-8H2,(H,22,23)/t18-/m1/s1. The quantitative estimate of drug-likeness (QED) is 0.598. The van der Waals surface area contributed by atoms with Gasteiger partial charge in [0.05, 0.1) is 5.69 Å². The van der Waals surface area contributed by atoms with E-state index in [9.17, 15) is 9.18 Å². The first-order valence-corrected chi connectivity index (χ1v) is 7.67. The summed E-state index contributed by atoms with van der Waals surface area (Å²) in [5.74, 6) is -0.352. The molecule has 0 radical (unpaired) electrons. The number of hydrogen-bond acceptors (Lipinski definition) is 2.